The minimum Gasteiger partial charge on any atom is -0.351 e. The molecule has 2 atom stereocenters. The molecule has 1 saturated heterocycles. The molecule has 35 heavy (non-hydrogen) atoms. The maximum absolute atomic E-state index is 13.2. The van der Waals surface area contributed by atoms with Crippen LogP contribution in [-0.4, -0.2) is 72.1 Å². The van der Waals surface area contributed by atoms with E-state index in [4.69, 9.17) is 0 Å². The van der Waals surface area contributed by atoms with Gasteiger partial charge in [0.2, 0.25) is 0 Å². The van der Waals surface area contributed by atoms with E-state index in [1.165, 1.54) is 39.8 Å². The van der Waals surface area contributed by atoms with E-state index in [1.807, 2.05) is 27.7 Å². The largest absolute Gasteiger partial charge is 0.351 e. The van der Waals surface area contributed by atoms with Crippen molar-refractivity contribution < 1.29 is 14.4 Å². The van der Waals surface area contributed by atoms with Crippen molar-refractivity contribution in [2.24, 2.45) is 13.0 Å². The van der Waals surface area contributed by atoms with Gasteiger partial charge in [-0.25, -0.2) is 0 Å². The van der Waals surface area contributed by atoms with Crippen molar-refractivity contribution >= 4 is 68.5 Å². The van der Waals surface area contributed by atoms with E-state index in [0.717, 1.165) is 20.6 Å². The molecule has 3 amide bonds. The van der Waals surface area contributed by atoms with Gasteiger partial charge in [0.25, 0.3) is 17.7 Å². The van der Waals surface area contributed by atoms with Gasteiger partial charge in [-0.1, -0.05) is 36.9 Å². The zero-order valence-corrected chi connectivity index (χ0v) is 24.0. The van der Waals surface area contributed by atoms with Crippen molar-refractivity contribution in [3.05, 3.63) is 32.1 Å². The molecule has 0 saturated carbocycles. The quantitative estimate of drug-likeness (QED) is 0.350. The van der Waals surface area contributed by atoms with E-state index >= 15 is 0 Å². The summed E-state index contributed by atoms with van der Waals surface area (Å²) in [6, 6.07) is -0.727. The van der Waals surface area contributed by atoms with Crippen LogP contribution in [0.1, 0.15) is 35.0 Å². The number of nitrogens with zero attached hydrogens (tertiary/aromatic N) is 5. The molecule has 0 bridgehead atoms. The average molecular weight is 601 g/mol. The fraction of sp³-hybridized carbons (Fsp3) is 0.524. The highest BCUT2D eigenvalue weighted by atomic mass is 79.9. The minimum absolute atomic E-state index is 0.229. The van der Waals surface area contributed by atoms with E-state index in [-0.39, 0.29) is 28.8 Å². The molecular weight excluding hydrogens is 574 g/mol. The number of carbonyl (C=O) groups excluding carboxylic acids is 3. The summed E-state index contributed by atoms with van der Waals surface area (Å²) in [6.07, 6.45) is 0. The maximum atomic E-state index is 13.2. The second kappa shape index (κ2) is 10.6. The molecule has 10 nitrogen and oxygen atoms in total. The second-order valence-electron chi connectivity index (χ2n) is 8.66. The molecular formula is C21H26BrN7O3S3. The molecule has 188 valence electrons. The molecule has 4 rings (SSSR count). The third-order valence-corrected chi connectivity index (χ3v) is 9.92. The van der Waals surface area contributed by atoms with Crippen LogP contribution in [0.5, 0.6) is 0 Å². The smallest absolute Gasteiger partial charge is 0.273 e. The first kappa shape index (κ1) is 26.2. The number of hydrogen-bond donors (Lipinski definition) is 2. The Morgan fingerprint density at radius 1 is 1.26 bits per heavy atom. The van der Waals surface area contributed by atoms with E-state index < -0.39 is 11.9 Å². The number of aromatic nitrogens is 4. The highest BCUT2D eigenvalue weighted by Crippen LogP contribution is 2.42. The van der Waals surface area contributed by atoms with Crippen LogP contribution < -0.4 is 10.6 Å². The Balaban J connectivity index is 1.53. The molecule has 0 aromatic carbocycles. The van der Waals surface area contributed by atoms with Gasteiger partial charge in [0, 0.05) is 25.1 Å². The number of fused-ring (bicyclic) bond motifs is 1. The molecule has 1 fully saturated rings. The number of halogens is 1. The van der Waals surface area contributed by atoms with E-state index in [2.05, 4.69) is 41.9 Å². The van der Waals surface area contributed by atoms with Crippen LogP contribution in [0.3, 0.4) is 0 Å². The fourth-order valence-electron chi connectivity index (χ4n) is 3.61. The normalized spacial score (nSPS) is 19.6. The Labute approximate surface area is 224 Å². The zero-order chi connectivity index (χ0) is 25.4. The summed E-state index contributed by atoms with van der Waals surface area (Å²) in [5, 5.41) is 18.7. The lowest BCUT2D eigenvalue weighted by Crippen LogP contribution is -2.71. The Morgan fingerprint density at radius 3 is 2.60 bits per heavy atom. The Kier molecular flexibility index (Phi) is 7.93. The summed E-state index contributed by atoms with van der Waals surface area (Å²) in [4.78, 5) is 40.8. The van der Waals surface area contributed by atoms with Gasteiger partial charge in [-0.05, 0) is 41.3 Å². The van der Waals surface area contributed by atoms with Gasteiger partial charge in [-0.3, -0.25) is 24.0 Å². The highest BCUT2D eigenvalue weighted by Gasteiger charge is 2.54. The monoisotopic (exact) mass is 599 g/mol. The zero-order valence-electron chi connectivity index (χ0n) is 19.9. The van der Waals surface area contributed by atoms with Gasteiger partial charge in [-0.2, -0.15) is 5.10 Å². The first-order valence-electron chi connectivity index (χ1n) is 11.0. The SMILES string of the molecule is Cc1nnc(SCC2=C(C(=O)NCC(C)C)N3C(=O)[C@@H](NC(=O)c4nn(C)c(C)c4Br)[C@H]3SC2)s1. The summed E-state index contributed by atoms with van der Waals surface area (Å²) in [5.41, 5.74) is 2.29. The Hall–Kier alpha value is -1.90. The Morgan fingerprint density at radius 2 is 2.00 bits per heavy atom. The van der Waals surface area contributed by atoms with Crippen molar-refractivity contribution in [2.45, 2.75) is 43.5 Å². The van der Waals surface area contributed by atoms with E-state index in [0.29, 0.717) is 28.2 Å². The lowest BCUT2D eigenvalue weighted by atomic mass is 10.0. The van der Waals surface area contributed by atoms with Gasteiger partial charge < -0.3 is 10.6 Å². The highest BCUT2D eigenvalue weighted by molar-refractivity contribution is 9.10. The number of hydrogen-bond acceptors (Lipinski definition) is 9. The number of aryl methyl sites for hydroxylation is 2. The summed E-state index contributed by atoms with van der Waals surface area (Å²) < 4.78 is 3.02. The number of amides is 3. The maximum Gasteiger partial charge on any atom is 0.273 e. The summed E-state index contributed by atoms with van der Waals surface area (Å²) in [7, 11) is 1.75. The number of rotatable bonds is 8. The van der Waals surface area contributed by atoms with Crippen LogP contribution in [0.4, 0.5) is 0 Å². The van der Waals surface area contributed by atoms with Crippen LogP contribution in [0.2, 0.25) is 0 Å². The third kappa shape index (κ3) is 5.30. The second-order valence-corrected chi connectivity index (χ2v) is 13.0. The van der Waals surface area contributed by atoms with Crippen LogP contribution in [0.15, 0.2) is 20.1 Å². The molecule has 0 aliphatic carbocycles. The molecule has 4 heterocycles. The molecule has 2 aliphatic heterocycles. The van der Waals surface area contributed by atoms with Crippen molar-refractivity contribution in [2.75, 3.05) is 18.1 Å². The number of nitrogens with one attached hydrogen (secondary N) is 2. The summed E-state index contributed by atoms with van der Waals surface area (Å²) in [5.74, 6) is 0.372. The lowest BCUT2D eigenvalue weighted by molar-refractivity contribution is -0.145. The van der Waals surface area contributed by atoms with Crippen LogP contribution in [0, 0.1) is 19.8 Å². The van der Waals surface area contributed by atoms with Crippen LogP contribution in [0.25, 0.3) is 0 Å². The van der Waals surface area contributed by atoms with Gasteiger partial charge >= 0.3 is 0 Å². The standard InChI is InChI=1S/C21H26BrN7O3S3/c1-9(2)6-23-18(31)16-12(8-34-21-26-25-11(4)35-21)7-33-20-15(19(32)29(16)20)24-17(30)14-13(22)10(3)28(5)27-14/h9,15,20H,6-8H2,1-5H3,(H,23,31)(H,24,30)/t15-,20-/m1/s1. The van der Waals surface area contributed by atoms with Gasteiger partial charge in [0.15, 0.2) is 10.0 Å². The average Bonchev–Trinajstić information content (AvgIpc) is 3.36. The molecule has 14 heteroatoms. The number of carbonyl (C=O) groups is 3. The van der Waals surface area contributed by atoms with E-state index in [9.17, 15) is 14.4 Å². The molecule has 0 radical (unpaired) electrons. The minimum atomic E-state index is -0.727. The summed E-state index contributed by atoms with van der Waals surface area (Å²) in [6.45, 7) is 8.27. The van der Waals surface area contributed by atoms with Crippen molar-refractivity contribution in [1.29, 1.82) is 0 Å². The molecule has 2 aromatic heterocycles. The molecule has 2 aromatic rings. The predicted molar refractivity (Wildman–Crippen MR) is 140 cm³/mol. The molecule has 2 N–H and O–H groups in total. The fourth-order valence-corrected chi connectivity index (χ4v) is 7.43. The topological polar surface area (TPSA) is 122 Å². The first-order valence-corrected chi connectivity index (χ1v) is 14.6. The summed E-state index contributed by atoms with van der Waals surface area (Å²) >= 11 is 7.94. The lowest BCUT2D eigenvalue weighted by Gasteiger charge is -2.50. The van der Waals surface area contributed by atoms with Crippen molar-refractivity contribution in [1.82, 2.24) is 35.5 Å². The van der Waals surface area contributed by atoms with Gasteiger partial charge in [0.1, 0.15) is 22.1 Å². The number of β-lactam (4-membered cyclic amide) rings is 1. The predicted octanol–water partition coefficient (Wildman–Crippen LogP) is 2.48. The first-order chi connectivity index (χ1) is 16.6. The van der Waals surface area contributed by atoms with Crippen molar-refractivity contribution in [3.8, 4) is 0 Å². The Bertz CT molecular complexity index is 1210. The molecule has 2 aliphatic rings. The van der Waals surface area contributed by atoms with E-state index in [1.54, 1.807) is 11.7 Å². The third-order valence-electron chi connectivity index (χ3n) is 5.57. The van der Waals surface area contributed by atoms with Gasteiger partial charge in [0.05, 0.1) is 10.2 Å². The molecule has 0 spiro atoms. The van der Waals surface area contributed by atoms with Crippen LogP contribution in [-0.2, 0) is 16.6 Å². The number of thioether (sulfide) groups is 2. The van der Waals surface area contributed by atoms with Crippen molar-refractivity contribution in [3.63, 3.8) is 0 Å². The van der Waals surface area contributed by atoms with Crippen LogP contribution >= 0.6 is 50.8 Å². The van der Waals surface area contributed by atoms with Gasteiger partial charge in [-0.15, -0.1) is 22.0 Å². The molecule has 0 unspecified atom stereocenters.